The molecule has 0 bridgehead atoms. The van der Waals surface area contributed by atoms with Crippen LogP contribution in [0, 0.1) is 6.92 Å². The number of rotatable bonds is 2. The zero-order valence-corrected chi connectivity index (χ0v) is 10.0. The van der Waals surface area contributed by atoms with Crippen molar-refractivity contribution in [2.75, 3.05) is 0 Å². The molecule has 1 nitrogen and oxygen atoms in total. The van der Waals surface area contributed by atoms with Gasteiger partial charge in [0, 0.05) is 5.39 Å². The molecule has 14 heavy (non-hydrogen) atoms. The van der Waals surface area contributed by atoms with Gasteiger partial charge >= 0.3 is 0 Å². The topological polar surface area (TPSA) is 13.1 Å². The molecule has 0 aliphatic rings. The minimum atomic E-state index is 0.788. The first-order valence-corrected chi connectivity index (χ1v) is 5.96. The smallest absolute Gasteiger partial charge is 0.134 e. The van der Waals surface area contributed by atoms with Crippen LogP contribution in [-0.2, 0) is 11.8 Å². The fourth-order valence-electron chi connectivity index (χ4n) is 1.86. The molecule has 1 heterocycles. The highest BCUT2D eigenvalue weighted by Gasteiger charge is 2.11. The summed E-state index contributed by atoms with van der Waals surface area (Å²) in [4.78, 5) is 0. The second-order valence-electron chi connectivity index (χ2n) is 3.43. The maximum atomic E-state index is 5.74. The summed E-state index contributed by atoms with van der Waals surface area (Å²) in [5, 5.41) is 2.08. The SMILES string of the molecule is CCc1cccc2oc(CBr)c(C)c12. The van der Waals surface area contributed by atoms with Crippen molar-refractivity contribution in [3.8, 4) is 0 Å². The van der Waals surface area contributed by atoms with E-state index in [0.29, 0.717) is 0 Å². The van der Waals surface area contributed by atoms with Gasteiger partial charge in [-0.25, -0.2) is 0 Å². The monoisotopic (exact) mass is 252 g/mol. The van der Waals surface area contributed by atoms with Gasteiger partial charge in [0.2, 0.25) is 0 Å². The Morgan fingerprint density at radius 2 is 2.14 bits per heavy atom. The Morgan fingerprint density at radius 1 is 1.36 bits per heavy atom. The first kappa shape index (κ1) is 9.78. The molecule has 74 valence electrons. The quantitative estimate of drug-likeness (QED) is 0.731. The highest BCUT2D eigenvalue weighted by atomic mass is 79.9. The molecule has 2 rings (SSSR count). The highest BCUT2D eigenvalue weighted by Crippen LogP contribution is 2.29. The predicted molar refractivity (Wildman–Crippen MR) is 63.0 cm³/mol. The van der Waals surface area contributed by atoms with Crippen LogP contribution in [0.25, 0.3) is 11.0 Å². The minimum Gasteiger partial charge on any atom is -0.460 e. The van der Waals surface area contributed by atoms with Crippen LogP contribution >= 0.6 is 15.9 Å². The van der Waals surface area contributed by atoms with Crippen molar-refractivity contribution < 1.29 is 4.42 Å². The normalized spacial score (nSPS) is 11.1. The molecule has 0 aliphatic heterocycles. The number of fused-ring (bicyclic) bond motifs is 1. The largest absolute Gasteiger partial charge is 0.460 e. The lowest BCUT2D eigenvalue weighted by Crippen LogP contribution is -1.82. The Kier molecular flexibility index (Phi) is 2.64. The lowest BCUT2D eigenvalue weighted by molar-refractivity contribution is 0.572. The maximum Gasteiger partial charge on any atom is 0.134 e. The standard InChI is InChI=1S/C12H13BrO/c1-3-9-5-4-6-10-12(9)8(2)11(7-13)14-10/h4-6H,3,7H2,1-2H3. The van der Waals surface area contributed by atoms with Crippen LogP contribution in [0.5, 0.6) is 0 Å². The van der Waals surface area contributed by atoms with E-state index in [0.717, 1.165) is 23.1 Å². The van der Waals surface area contributed by atoms with Crippen LogP contribution in [0.4, 0.5) is 0 Å². The molecule has 0 radical (unpaired) electrons. The minimum absolute atomic E-state index is 0.788. The summed E-state index contributed by atoms with van der Waals surface area (Å²) >= 11 is 3.44. The van der Waals surface area contributed by atoms with Crippen molar-refractivity contribution in [2.45, 2.75) is 25.6 Å². The molecule has 1 aromatic carbocycles. The Bertz CT molecular complexity index is 457. The van der Waals surface area contributed by atoms with E-state index in [4.69, 9.17) is 4.42 Å². The Morgan fingerprint density at radius 3 is 2.79 bits per heavy atom. The second kappa shape index (κ2) is 3.77. The van der Waals surface area contributed by atoms with Crippen molar-refractivity contribution in [1.82, 2.24) is 0 Å². The zero-order chi connectivity index (χ0) is 10.1. The van der Waals surface area contributed by atoms with E-state index in [2.05, 4.69) is 41.9 Å². The van der Waals surface area contributed by atoms with Gasteiger partial charge in [-0.3, -0.25) is 0 Å². The van der Waals surface area contributed by atoms with Crippen LogP contribution < -0.4 is 0 Å². The summed E-state index contributed by atoms with van der Waals surface area (Å²) in [6.07, 6.45) is 1.05. The van der Waals surface area contributed by atoms with Gasteiger partial charge in [0.1, 0.15) is 11.3 Å². The van der Waals surface area contributed by atoms with Gasteiger partial charge in [-0.1, -0.05) is 35.0 Å². The first-order chi connectivity index (χ1) is 6.77. The molecule has 0 amide bonds. The average molecular weight is 253 g/mol. The molecule has 0 fully saturated rings. The predicted octanol–water partition coefficient (Wildman–Crippen LogP) is 4.20. The lowest BCUT2D eigenvalue weighted by atomic mass is 10.0. The van der Waals surface area contributed by atoms with Gasteiger partial charge in [0.05, 0.1) is 5.33 Å². The molecular weight excluding hydrogens is 240 g/mol. The average Bonchev–Trinajstić information content (AvgIpc) is 2.55. The van der Waals surface area contributed by atoms with Crippen LogP contribution in [0.15, 0.2) is 22.6 Å². The summed E-state index contributed by atoms with van der Waals surface area (Å²) in [7, 11) is 0. The summed E-state index contributed by atoms with van der Waals surface area (Å²) in [5.74, 6) is 1.04. The van der Waals surface area contributed by atoms with E-state index >= 15 is 0 Å². The molecule has 0 N–H and O–H groups in total. The third-order valence-corrected chi connectivity index (χ3v) is 3.15. The Labute approximate surface area is 92.2 Å². The number of hydrogen-bond donors (Lipinski definition) is 0. The first-order valence-electron chi connectivity index (χ1n) is 4.83. The number of benzene rings is 1. The molecule has 0 atom stereocenters. The Balaban J connectivity index is 2.79. The Hall–Kier alpha value is -0.760. The van der Waals surface area contributed by atoms with E-state index in [1.807, 2.05) is 6.07 Å². The number of furan rings is 1. The number of hydrogen-bond acceptors (Lipinski definition) is 1. The lowest BCUT2D eigenvalue weighted by Gasteiger charge is -1.98. The third-order valence-electron chi connectivity index (χ3n) is 2.64. The van der Waals surface area contributed by atoms with Gasteiger partial charge in [-0.05, 0) is 30.5 Å². The molecule has 2 heteroatoms. The van der Waals surface area contributed by atoms with Crippen LogP contribution in [0.3, 0.4) is 0 Å². The van der Waals surface area contributed by atoms with Crippen molar-refractivity contribution >= 4 is 26.9 Å². The van der Waals surface area contributed by atoms with Crippen LogP contribution in [-0.4, -0.2) is 0 Å². The van der Waals surface area contributed by atoms with E-state index < -0.39 is 0 Å². The van der Waals surface area contributed by atoms with Gasteiger partial charge in [-0.2, -0.15) is 0 Å². The van der Waals surface area contributed by atoms with Gasteiger partial charge in [0.25, 0.3) is 0 Å². The molecule has 1 aromatic heterocycles. The fourth-order valence-corrected chi connectivity index (χ4v) is 2.39. The van der Waals surface area contributed by atoms with Gasteiger partial charge in [-0.15, -0.1) is 0 Å². The highest BCUT2D eigenvalue weighted by molar-refractivity contribution is 9.08. The summed E-state index contributed by atoms with van der Waals surface area (Å²) in [6.45, 7) is 4.30. The van der Waals surface area contributed by atoms with Crippen molar-refractivity contribution in [2.24, 2.45) is 0 Å². The molecule has 0 saturated carbocycles. The fraction of sp³-hybridized carbons (Fsp3) is 0.333. The van der Waals surface area contributed by atoms with Crippen molar-refractivity contribution in [1.29, 1.82) is 0 Å². The maximum absolute atomic E-state index is 5.74. The molecule has 0 spiro atoms. The summed E-state index contributed by atoms with van der Waals surface area (Å²) in [6, 6.07) is 6.26. The molecule has 2 aromatic rings. The summed E-state index contributed by atoms with van der Waals surface area (Å²) in [5.41, 5.74) is 3.65. The molecule has 0 aliphatic carbocycles. The van der Waals surface area contributed by atoms with Crippen molar-refractivity contribution in [3.05, 3.63) is 35.1 Å². The van der Waals surface area contributed by atoms with E-state index in [1.54, 1.807) is 0 Å². The zero-order valence-electron chi connectivity index (χ0n) is 8.43. The molecular formula is C12H13BrO. The number of aryl methyl sites for hydroxylation is 2. The molecule has 0 saturated heterocycles. The third kappa shape index (κ3) is 1.38. The van der Waals surface area contributed by atoms with Gasteiger partial charge < -0.3 is 4.42 Å². The van der Waals surface area contributed by atoms with E-state index in [-0.39, 0.29) is 0 Å². The van der Waals surface area contributed by atoms with E-state index in [1.165, 1.54) is 16.5 Å². The van der Waals surface area contributed by atoms with Crippen molar-refractivity contribution in [3.63, 3.8) is 0 Å². The van der Waals surface area contributed by atoms with Crippen LogP contribution in [0.2, 0.25) is 0 Å². The summed E-state index contributed by atoms with van der Waals surface area (Å²) < 4.78 is 5.74. The number of alkyl halides is 1. The second-order valence-corrected chi connectivity index (χ2v) is 3.99. The van der Waals surface area contributed by atoms with Crippen LogP contribution in [0.1, 0.15) is 23.8 Å². The van der Waals surface area contributed by atoms with Gasteiger partial charge in [0.15, 0.2) is 0 Å². The van der Waals surface area contributed by atoms with E-state index in [9.17, 15) is 0 Å². The number of halogens is 1. The molecule has 0 unspecified atom stereocenters.